The molecule has 1 aromatic heterocycles. The first-order valence-electron chi connectivity index (χ1n) is 9.88. The summed E-state index contributed by atoms with van der Waals surface area (Å²) in [5, 5.41) is 4.57. The van der Waals surface area contributed by atoms with Gasteiger partial charge in [-0.15, -0.1) is 35.3 Å². The first-order chi connectivity index (χ1) is 14.4. The lowest BCUT2D eigenvalue weighted by Gasteiger charge is -2.20. The maximum Gasteiger partial charge on any atom is 0.242 e. The fourth-order valence-electron chi connectivity index (χ4n) is 2.96. The van der Waals surface area contributed by atoms with Gasteiger partial charge in [-0.1, -0.05) is 55.5 Å². The number of rotatable bonds is 11. The molecular weight excluding hydrogens is 475 g/mol. The van der Waals surface area contributed by atoms with Crippen molar-refractivity contribution in [3.05, 3.63) is 45.6 Å². The van der Waals surface area contributed by atoms with E-state index in [9.17, 15) is 4.79 Å². The van der Waals surface area contributed by atoms with Gasteiger partial charge in [0.25, 0.3) is 0 Å². The average Bonchev–Trinajstić information content (AvgIpc) is 2.73. The number of halogens is 2. The molecule has 1 unspecified atom stereocenters. The number of hydrogen-bond acceptors (Lipinski definition) is 5. The van der Waals surface area contributed by atoms with Crippen LogP contribution in [-0.2, 0) is 4.79 Å². The van der Waals surface area contributed by atoms with Crippen LogP contribution in [0.15, 0.2) is 34.2 Å². The molecule has 0 aliphatic rings. The minimum Gasteiger partial charge on any atom is -0.322 e. The smallest absolute Gasteiger partial charge is 0.242 e. The monoisotopic (exact) mass is 502 g/mol. The van der Waals surface area contributed by atoms with Crippen LogP contribution in [0.25, 0.3) is 0 Å². The maximum atomic E-state index is 13.4. The van der Waals surface area contributed by atoms with Gasteiger partial charge < -0.3 is 5.32 Å². The Hall–Kier alpha value is -0.530. The molecule has 30 heavy (non-hydrogen) atoms. The normalized spacial score (nSPS) is 12.1. The van der Waals surface area contributed by atoms with Crippen LogP contribution in [0.2, 0.25) is 10.0 Å². The van der Waals surface area contributed by atoms with E-state index in [0.29, 0.717) is 10.0 Å². The third-order valence-corrected chi connectivity index (χ3v) is 8.03. The molecule has 0 aliphatic heterocycles. The first-order valence-corrected chi connectivity index (χ1v) is 14.1. The highest BCUT2D eigenvalue weighted by Crippen LogP contribution is 2.38. The number of carbonyl (C=O) groups is 1. The number of aromatic nitrogens is 1. The molecule has 0 radical (unpaired) electrons. The van der Waals surface area contributed by atoms with Gasteiger partial charge >= 0.3 is 0 Å². The average molecular weight is 504 g/mol. The van der Waals surface area contributed by atoms with E-state index in [1.54, 1.807) is 35.7 Å². The van der Waals surface area contributed by atoms with E-state index in [1.807, 2.05) is 31.6 Å². The van der Waals surface area contributed by atoms with Gasteiger partial charge in [0.2, 0.25) is 5.91 Å². The Kier molecular flexibility index (Phi) is 11.2. The molecule has 2 aromatic rings. The maximum absolute atomic E-state index is 13.4. The molecule has 1 N–H and O–H groups in total. The van der Waals surface area contributed by atoms with Gasteiger partial charge in [0.1, 0.15) is 10.3 Å². The number of pyridine rings is 1. The number of nitrogens with one attached hydrogen (secondary N) is 1. The molecule has 0 saturated heterocycles. The predicted octanol–water partition coefficient (Wildman–Crippen LogP) is 8.13. The molecular formula is C22H28Cl2N2OS3. The Balaban J connectivity index is 2.29. The van der Waals surface area contributed by atoms with Crippen molar-refractivity contribution in [2.75, 3.05) is 23.6 Å². The molecule has 1 amide bonds. The minimum absolute atomic E-state index is 0.0647. The van der Waals surface area contributed by atoms with Crippen molar-refractivity contribution in [1.29, 1.82) is 0 Å². The second kappa shape index (κ2) is 13.1. The number of aryl methyl sites for hydroxylation is 1. The molecule has 1 heterocycles. The summed E-state index contributed by atoms with van der Waals surface area (Å²) in [4.78, 5) is 19.0. The van der Waals surface area contributed by atoms with E-state index in [2.05, 4.69) is 17.2 Å². The highest BCUT2D eigenvalue weighted by atomic mass is 35.5. The Bertz CT molecular complexity index is 839. The Morgan fingerprint density at radius 1 is 1.10 bits per heavy atom. The molecule has 3 nitrogen and oxygen atoms in total. The minimum atomic E-state index is -0.368. The zero-order valence-corrected chi connectivity index (χ0v) is 21.7. The van der Waals surface area contributed by atoms with Crippen molar-refractivity contribution in [3.63, 3.8) is 0 Å². The summed E-state index contributed by atoms with van der Waals surface area (Å²) in [6.45, 7) is 4.16. The van der Waals surface area contributed by atoms with Crippen LogP contribution in [-0.4, -0.2) is 29.2 Å². The van der Waals surface area contributed by atoms with Gasteiger partial charge in [-0.05, 0) is 55.4 Å². The van der Waals surface area contributed by atoms with E-state index in [-0.39, 0.29) is 11.2 Å². The largest absolute Gasteiger partial charge is 0.322 e. The lowest BCUT2D eigenvalue weighted by Crippen LogP contribution is -2.20. The number of amides is 1. The van der Waals surface area contributed by atoms with Gasteiger partial charge in [-0.2, -0.15) is 0 Å². The van der Waals surface area contributed by atoms with E-state index in [0.717, 1.165) is 39.0 Å². The first kappa shape index (κ1) is 25.7. The highest BCUT2D eigenvalue weighted by Gasteiger charge is 2.24. The van der Waals surface area contributed by atoms with E-state index in [1.165, 1.54) is 31.0 Å². The van der Waals surface area contributed by atoms with Crippen LogP contribution in [0.5, 0.6) is 0 Å². The number of anilines is 1. The van der Waals surface area contributed by atoms with Gasteiger partial charge in [0.05, 0.1) is 15.7 Å². The fourth-order valence-corrected chi connectivity index (χ4v) is 5.72. The number of nitrogens with zero attached hydrogens (tertiary/aromatic N) is 1. The Morgan fingerprint density at radius 3 is 2.50 bits per heavy atom. The molecule has 1 atom stereocenters. The second-order valence-corrected chi connectivity index (χ2v) is 10.5. The molecule has 164 valence electrons. The quantitative estimate of drug-likeness (QED) is 0.248. The molecule has 2 rings (SSSR count). The Morgan fingerprint density at radius 2 is 1.87 bits per heavy atom. The van der Waals surface area contributed by atoms with Crippen molar-refractivity contribution in [2.24, 2.45) is 0 Å². The van der Waals surface area contributed by atoms with Crippen LogP contribution in [0.3, 0.4) is 0 Å². The van der Waals surface area contributed by atoms with Gasteiger partial charge in [0.15, 0.2) is 0 Å². The van der Waals surface area contributed by atoms with E-state index < -0.39 is 0 Å². The molecule has 0 fully saturated rings. The summed E-state index contributed by atoms with van der Waals surface area (Å²) in [6.07, 6.45) is 8.65. The fraction of sp³-hybridized carbons (Fsp3) is 0.455. The lowest BCUT2D eigenvalue weighted by atomic mass is 10.1. The van der Waals surface area contributed by atoms with Crippen LogP contribution in [0.1, 0.15) is 49.1 Å². The molecule has 0 saturated carbocycles. The van der Waals surface area contributed by atoms with Crippen molar-refractivity contribution in [1.82, 2.24) is 4.98 Å². The van der Waals surface area contributed by atoms with Crippen molar-refractivity contribution >= 4 is 70.1 Å². The van der Waals surface area contributed by atoms with Crippen molar-refractivity contribution in [3.8, 4) is 0 Å². The molecule has 0 bridgehead atoms. The predicted molar refractivity (Wildman–Crippen MR) is 137 cm³/mol. The topological polar surface area (TPSA) is 42.0 Å². The van der Waals surface area contributed by atoms with Crippen LogP contribution in [0.4, 0.5) is 5.69 Å². The number of thioether (sulfide) groups is 3. The SMILES string of the molecule is CCCCCCSC(C(=O)Nc1c(SC)cc(C)nc1SC)c1ccc(Cl)c(Cl)c1. The molecule has 0 aliphatic carbocycles. The third kappa shape index (κ3) is 7.27. The molecule has 0 spiro atoms. The number of carbonyl (C=O) groups excluding carboxylic acids is 1. The summed E-state index contributed by atoms with van der Waals surface area (Å²) in [5.41, 5.74) is 2.58. The van der Waals surface area contributed by atoms with Crippen LogP contribution in [0, 0.1) is 6.92 Å². The second-order valence-electron chi connectivity index (χ2n) is 6.82. The van der Waals surface area contributed by atoms with Crippen molar-refractivity contribution < 1.29 is 4.79 Å². The van der Waals surface area contributed by atoms with Gasteiger partial charge in [-0.25, -0.2) is 4.98 Å². The Labute approximate surface area is 202 Å². The van der Waals surface area contributed by atoms with Gasteiger partial charge in [0, 0.05) is 10.6 Å². The number of hydrogen-bond donors (Lipinski definition) is 1. The zero-order chi connectivity index (χ0) is 22.1. The standard InChI is InChI=1S/C22H28Cl2N2OS3/c1-5-6-7-8-11-30-20(15-9-10-16(23)17(24)13-15)21(27)26-19-18(28-3)12-14(2)25-22(19)29-4/h9-10,12-13,20H,5-8,11H2,1-4H3,(H,26,27). The summed E-state index contributed by atoms with van der Waals surface area (Å²) in [7, 11) is 0. The summed E-state index contributed by atoms with van der Waals surface area (Å²) in [5.74, 6) is 0.847. The van der Waals surface area contributed by atoms with Crippen LogP contribution >= 0.6 is 58.5 Å². The highest BCUT2D eigenvalue weighted by molar-refractivity contribution is 8.00. The lowest BCUT2D eigenvalue weighted by molar-refractivity contribution is -0.115. The zero-order valence-electron chi connectivity index (χ0n) is 17.8. The number of benzene rings is 1. The van der Waals surface area contributed by atoms with Crippen molar-refractivity contribution in [2.45, 2.75) is 54.7 Å². The van der Waals surface area contributed by atoms with Gasteiger partial charge in [-0.3, -0.25) is 4.79 Å². The van der Waals surface area contributed by atoms with E-state index in [4.69, 9.17) is 23.2 Å². The summed E-state index contributed by atoms with van der Waals surface area (Å²) < 4.78 is 0. The van der Waals surface area contributed by atoms with Crippen LogP contribution < -0.4 is 5.32 Å². The molecule has 8 heteroatoms. The van der Waals surface area contributed by atoms with E-state index >= 15 is 0 Å². The number of unbranched alkanes of at least 4 members (excludes halogenated alkanes) is 3. The third-order valence-electron chi connectivity index (χ3n) is 4.51. The summed E-state index contributed by atoms with van der Waals surface area (Å²) in [6, 6.07) is 7.44. The molecule has 1 aromatic carbocycles. The summed E-state index contributed by atoms with van der Waals surface area (Å²) >= 11 is 17.1.